The number of nitrogens with zero attached hydrogens (tertiary/aromatic N) is 1. The highest BCUT2D eigenvalue weighted by molar-refractivity contribution is 5.76. The molecule has 1 unspecified atom stereocenters. The maximum Gasteiger partial charge on any atom is 0.0882 e. The molecule has 3 rings (SSSR count). The molecule has 90 valence electrons. The van der Waals surface area contributed by atoms with Gasteiger partial charge in [0.25, 0.3) is 0 Å². The first-order chi connectivity index (χ1) is 8.04. The number of aromatic amines is 1. The average Bonchev–Trinajstić information content (AvgIpc) is 2.70. The SMILES string of the molecule is CC(C)(C)C1CCc2nc3cc[nH]c3cc2C1. The second-order valence-electron chi connectivity index (χ2n) is 6.31. The number of fused-ring (bicyclic) bond motifs is 2. The van der Waals surface area contributed by atoms with Crippen LogP contribution in [0.25, 0.3) is 11.0 Å². The highest BCUT2D eigenvalue weighted by Gasteiger charge is 2.29. The van der Waals surface area contributed by atoms with Gasteiger partial charge < -0.3 is 4.98 Å². The van der Waals surface area contributed by atoms with Gasteiger partial charge in [0.05, 0.1) is 11.0 Å². The quantitative estimate of drug-likeness (QED) is 0.731. The van der Waals surface area contributed by atoms with Crippen LogP contribution in [0, 0.1) is 11.3 Å². The van der Waals surface area contributed by atoms with Crippen molar-refractivity contribution in [3.05, 3.63) is 29.6 Å². The Morgan fingerprint density at radius 3 is 2.94 bits per heavy atom. The molecule has 0 fully saturated rings. The van der Waals surface area contributed by atoms with Crippen LogP contribution in [0.3, 0.4) is 0 Å². The molecule has 0 bridgehead atoms. The lowest BCUT2D eigenvalue weighted by molar-refractivity contribution is 0.215. The molecule has 0 saturated carbocycles. The Kier molecular flexibility index (Phi) is 2.29. The fourth-order valence-corrected chi connectivity index (χ4v) is 2.87. The van der Waals surface area contributed by atoms with Gasteiger partial charge in [0.1, 0.15) is 0 Å². The molecular weight excluding hydrogens is 208 g/mol. The van der Waals surface area contributed by atoms with Crippen LogP contribution < -0.4 is 0 Å². The van der Waals surface area contributed by atoms with E-state index in [9.17, 15) is 0 Å². The summed E-state index contributed by atoms with van der Waals surface area (Å²) in [6.45, 7) is 7.05. The number of pyridine rings is 1. The zero-order chi connectivity index (χ0) is 12.0. The molecule has 0 aliphatic heterocycles. The van der Waals surface area contributed by atoms with Gasteiger partial charge in [-0.25, -0.2) is 0 Å². The summed E-state index contributed by atoms with van der Waals surface area (Å²) in [7, 11) is 0. The predicted molar refractivity (Wildman–Crippen MR) is 71.1 cm³/mol. The first-order valence-electron chi connectivity index (χ1n) is 6.50. The Morgan fingerprint density at radius 2 is 2.18 bits per heavy atom. The van der Waals surface area contributed by atoms with Crippen molar-refractivity contribution in [2.45, 2.75) is 40.0 Å². The standard InChI is InChI=1S/C15H20N2/c1-15(2,3)11-4-5-12-10(8-11)9-14-13(17-12)6-7-16-14/h6-7,9,11,16H,4-5,8H2,1-3H3. The molecule has 0 saturated heterocycles. The first-order valence-corrected chi connectivity index (χ1v) is 6.50. The van der Waals surface area contributed by atoms with E-state index in [-0.39, 0.29) is 0 Å². The zero-order valence-corrected chi connectivity index (χ0v) is 10.9. The lowest BCUT2D eigenvalue weighted by Crippen LogP contribution is -2.27. The van der Waals surface area contributed by atoms with Crippen LogP contribution in [-0.4, -0.2) is 9.97 Å². The van der Waals surface area contributed by atoms with Gasteiger partial charge in [-0.3, -0.25) is 4.98 Å². The zero-order valence-electron chi connectivity index (χ0n) is 10.9. The Balaban J connectivity index is 2.01. The van der Waals surface area contributed by atoms with E-state index in [0.29, 0.717) is 5.41 Å². The molecule has 2 aromatic heterocycles. The Labute approximate surface area is 102 Å². The summed E-state index contributed by atoms with van der Waals surface area (Å²) in [6.07, 6.45) is 5.57. The van der Waals surface area contributed by atoms with E-state index in [4.69, 9.17) is 4.98 Å². The molecule has 2 nitrogen and oxygen atoms in total. The third kappa shape index (κ3) is 1.86. The van der Waals surface area contributed by atoms with E-state index < -0.39 is 0 Å². The number of rotatable bonds is 0. The highest BCUT2D eigenvalue weighted by atomic mass is 14.8. The van der Waals surface area contributed by atoms with Gasteiger partial charge in [0, 0.05) is 11.9 Å². The maximum absolute atomic E-state index is 4.76. The van der Waals surface area contributed by atoms with Crippen molar-refractivity contribution in [3.63, 3.8) is 0 Å². The summed E-state index contributed by atoms with van der Waals surface area (Å²) in [5.74, 6) is 0.782. The van der Waals surface area contributed by atoms with Crippen LogP contribution in [0.4, 0.5) is 0 Å². The molecular formula is C15H20N2. The Bertz CT molecular complexity index is 546. The molecule has 1 aliphatic carbocycles. The molecule has 0 radical (unpaired) electrons. The molecule has 1 aliphatic rings. The summed E-state index contributed by atoms with van der Waals surface area (Å²) in [4.78, 5) is 8.02. The van der Waals surface area contributed by atoms with Gasteiger partial charge >= 0.3 is 0 Å². The van der Waals surface area contributed by atoms with E-state index in [1.54, 1.807) is 0 Å². The smallest absolute Gasteiger partial charge is 0.0882 e. The van der Waals surface area contributed by atoms with Crippen LogP contribution in [-0.2, 0) is 12.8 Å². The van der Waals surface area contributed by atoms with Crippen molar-refractivity contribution in [3.8, 4) is 0 Å². The van der Waals surface area contributed by atoms with E-state index in [0.717, 1.165) is 17.9 Å². The number of aryl methyl sites for hydroxylation is 1. The minimum Gasteiger partial charge on any atom is -0.360 e. The van der Waals surface area contributed by atoms with Gasteiger partial charge in [-0.1, -0.05) is 20.8 Å². The fourth-order valence-electron chi connectivity index (χ4n) is 2.87. The second-order valence-corrected chi connectivity index (χ2v) is 6.31. The third-order valence-electron chi connectivity index (χ3n) is 4.12. The summed E-state index contributed by atoms with van der Waals surface area (Å²) >= 11 is 0. The van der Waals surface area contributed by atoms with Crippen molar-refractivity contribution in [1.29, 1.82) is 0 Å². The van der Waals surface area contributed by atoms with E-state index in [2.05, 4.69) is 37.9 Å². The number of aromatic nitrogens is 2. The van der Waals surface area contributed by atoms with Crippen molar-refractivity contribution in [2.75, 3.05) is 0 Å². The fraction of sp³-hybridized carbons (Fsp3) is 0.533. The predicted octanol–water partition coefficient (Wildman–Crippen LogP) is 3.71. The van der Waals surface area contributed by atoms with Crippen LogP contribution in [0.15, 0.2) is 18.3 Å². The summed E-state index contributed by atoms with van der Waals surface area (Å²) in [5.41, 5.74) is 5.46. The lowest BCUT2D eigenvalue weighted by Gasteiger charge is -2.34. The van der Waals surface area contributed by atoms with Gasteiger partial charge in [0.15, 0.2) is 0 Å². The number of hydrogen-bond acceptors (Lipinski definition) is 1. The van der Waals surface area contributed by atoms with E-state index in [1.807, 2.05) is 6.20 Å². The summed E-state index contributed by atoms with van der Waals surface area (Å²) < 4.78 is 0. The third-order valence-corrected chi connectivity index (χ3v) is 4.12. The van der Waals surface area contributed by atoms with Gasteiger partial charge in [-0.2, -0.15) is 0 Å². The molecule has 2 heteroatoms. The van der Waals surface area contributed by atoms with Crippen LogP contribution in [0.5, 0.6) is 0 Å². The summed E-state index contributed by atoms with van der Waals surface area (Å²) in [6, 6.07) is 4.36. The topological polar surface area (TPSA) is 28.7 Å². The average molecular weight is 228 g/mol. The number of H-pyrrole nitrogens is 1. The van der Waals surface area contributed by atoms with E-state index >= 15 is 0 Å². The highest BCUT2D eigenvalue weighted by Crippen LogP contribution is 2.37. The maximum atomic E-state index is 4.76. The summed E-state index contributed by atoms with van der Waals surface area (Å²) in [5, 5.41) is 0. The molecule has 2 aromatic rings. The second kappa shape index (κ2) is 3.59. The normalized spacial score (nSPS) is 20.5. The molecule has 0 aromatic carbocycles. The number of hydrogen-bond donors (Lipinski definition) is 1. The largest absolute Gasteiger partial charge is 0.360 e. The number of nitrogens with one attached hydrogen (secondary N) is 1. The van der Waals surface area contributed by atoms with Crippen LogP contribution in [0.1, 0.15) is 38.4 Å². The molecule has 2 heterocycles. The minimum atomic E-state index is 0.405. The van der Waals surface area contributed by atoms with Gasteiger partial charge in [-0.15, -0.1) is 0 Å². The molecule has 1 N–H and O–H groups in total. The van der Waals surface area contributed by atoms with Crippen LogP contribution >= 0.6 is 0 Å². The Morgan fingerprint density at radius 1 is 1.35 bits per heavy atom. The van der Waals surface area contributed by atoms with Crippen molar-refractivity contribution in [1.82, 2.24) is 9.97 Å². The molecule has 17 heavy (non-hydrogen) atoms. The molecule has 1 atom stereocenters. The lowest BCUT2D eigenvalue weighted by atomic mass is 9.71. The molecule has 0 amide bonds. The first kappa shape index (κ1) is 10.8. The monoisotopic (exact) mass is 228 g/mol. The van der Waals surface area contributed by atoms with Gasteiger partial charge in [0.2, 0.25) is 0 Å². The van der Waals surface area contributed by atoms with E-state index in [1.165, 1.54) is 29.6 Å². The minimum absolute atomic E-state index is 0.405. The molecule has 0 spiro atoms. The van der Waals surface area contributed by atoms with Gasteiger partial charge in [-0.05, 0) is 48.3 Å². The van der Waals surface area contributed by atoms with Crippen molar-refractivity contribution in [2.24, 2.45) is 11.3 Å². The van der Waals surface area contributed by atoms with Crippen LogP contribution in [0.2, 0.25) is 0 Å². The van der Waals surface area contributed by atoms with Crippen molar-refractivity contribution >= 4 is 11.0 Å². The Hall–Kier alpha value is -1.31. The van der Waals surface area contributed by atoms with Crippen molar-refractivity contribution < 1.29 is 0 Å².